The summed E-state index contributed by atoms with van der Waals surface area (Å²) in [5, 5.41) is 4.45. The number of hydrogen-bond acceptors (Lipinski definition) is 3. The minimum atomic E-state index is 0.986. The molecule has 0 amide bonds. The van der Waals surface area contributed by atoms with Crippen molar-refractivity contribution >= 4 is 17.4 Å². The maximum absolute atomic E-state index is 4.67. The fourth-order valence-electron chi connectivity index (χ4n) is 1.96. The fourth-order valence-corrected chi connectivity index (χ4v) is 2.81. The lowest BCUT2D eigenvalue weighted by molar-refractivity contribution is 0.992. The van der Waals surface area contributed by atoms with Crippen LogP contribution in [0.3, 0.4) is 0 Å². The third-order valence-corrected chi connectivity index (χ3v) is 3.86. The summed E-state index contributed by atoms with van der Waals surface area (Å²) in [5.41, 5.74) is 3.76. The van der Waals surface area contributed by atoms with Crippen LogP contribution in [-0.2, 0) is 12.2 Å². The van der Waals surface area contributed by atoms with Crippen LogP contribution in [0.2, 0.25) is 0 Å². The average Bonchev–Trinajstić information content (AvgIpc) is 2.85. The molecule has 0 saturated heterocycles. The van der Waals surface area contributed by atoms with Gasteiger partial charge >= 0.3 is 0 Å². The van der Waals surface area contributed by atoms with E-state index >= 15 is 0 Å². The van der Waals surface area contributed by atoms with Gasteiger partial charge in [0, 0.05) is 18.7 Å². The number of thioether (sulfide) groups is 1. The highest BCUT2D eigenvalue weighted by atomic mass is 32.2. The van der Waals surface area contributed by atoms with E-state index in [9.17, 15) is 0 Å². The van der Waals surface area contributed by atoms with E-state index in [1.807, 2.05) is 6.07 Å². The zero-order valence-electron chi connectivity index (χ0n) is 9.52. The van der Waals surface area contributed by atoms with Crippen molar-refractivity contribution in [2.45, 2.75) is 17.2 Å². The Morgan fingerprint density at radius 3 is 2.88 bits per heavy atom. The quantitative estimate of drug-likeness (QED) is 0.836. The van der Waals surface area contributed by atoms with Crippen LogP contribution >= 0.6 is 11.8 Å². The Balaban J connectivity index is 1.70. The van der Waals surface area contributed by atoms with Crippen molar-refractivity contribution in [2.24, 2.45) is 0 Å². The van der Waals surface area contributed by atoms with Gasteiger partial charge in [-0.25, -0.2) is 4.98 Å². The molecule has 3 heteroatoms. The highest BCUT2D eigenvalue weighted by Crippen LogP contribution is 2.26. The zero-order valence-corrected chi connectivity index (χ0v) is 10.3. The fraction of sp³-hybridized carbons (Fsp3) is 0.214. The van der Waals surface area contributed by atoms with Crippen LogP contribution < -0.4 is 5.32 Å². The van der Waals surface area contributed by atoms with Gasteiger partial charge in [-0.1, -0.05) is 30.3 Å². The third-order valence-electron chi connectivity index (χ3n) is 2.86. The second kappa shape index (κ2) is 4.80. The van der Waals surface area contributed by atoms with Crippen molar-refractivity contribution in [1.29, 1.82) is 0 Å². The molecule has 0 unspecified atom stereocenters. The molecule has 0 saturated carbocycles. The first-order valence-electron chi connectivity index (χ1n) is 5.82. The van der Waals surface area contributed by atoms with Crippen LogP contribution in [-0.4, -0.2) is 11.5 Å². The second-order valence-electron chi connectivity index (χ2n) is 4.09. The Morgan fingerprint density at radius 1 is 1.12 bits per heavy atom. The molecule has 0 bridgehead atoms. The van der Waals surface area contributed by atoms with Gasteiger partial charge in [-0.15, -0.1) is 11.8 Å². The molecule has 1 aliphatic heterocycles. The molecular weight excluding hydrogens is 228 g/mol. The lowest BCUT2D eigenvalue weighted by atomic mass is 10.2. The number of rotatable bonds is 3. The molecule has 2 aromatic rings. The average molecular weight is 242 g/mol. The Kier molecular flexibility index (Phi) is 3.01. The Bertz CT molecular complexity index is 511. The number of anilines is 1. The molecule has 2 nitrogen and oxygen atoms in total. The van der Waals surface area contributed by atoms with Crippen molar-refractivity contribution in [2.75, 3.05) is 11.9 Å². The molecule has 1 aromatic carbocycles. The highest BCUT2D eigenvalue weighted by Gasteiger charge is 2.11. The van der Waals surface area contributed by atoms with Gasteiger partial charge in [-0.2, -0.15) is 0 Å². The van der Waals surface area contributed by atoms with Crippen LogP contribution in [0.15, 0.2) is 47.5 Å². The van der Waals surface area contributed by atoms with Crippen LogP contribution in [0, 0.1) is 0 Å². The second-order valence-corrected chi connectivity index (χ2v) is 5.09. The van der Waals surface area contributed by atoms with Crippen LogP contribution in [0.25, 0.3) is 0 Å². The first-order valence-corrected chi connectivity index (χ1v) is 6.81. The van der Waals surface area contributed by atoms with Gasteiger partial charge in [-0.05, 0) is 17.7 Å². The molecule has 1 aliphatic rings. The number of benzene rings is 1. The Hall–Kier alpha value is -1.48. The first-order chi connectivity index (χ1) is 8.42. The third kappa shape index (κ3) is 2.44. The predicted octanol–water partition coefficient (Wildman–Crippen LogP) is 3.34. The minimum Gasteiger partial charge on any atom is -0.383 e. The van der Waals surface area contributed by atoms with Gasteiger partial charge in [-0.3, -0.25) is 0 Å². The molecule has 1 N–H and O–H groups in total. The summed E-state index contributed by atoms with van der Waals surface area (Å²) >= 11 is 1.80. The summed E-state index contributed by atoms with van der Waals surface area (Å²) in [6.07, 6.45) is 1.05. The van der Waals surface area contributed by atoms with Crippen molar-refractivity contribution < 1.29 is 0 Å². The van der Waals surface area contributed by atoms with E-state index < -0.39 is 0 Å². The van der Waals surface area contributed by atoms with Crippen molar-refractivity contribution in [3.05, 3.63) is 53.7 Å². The standard InChI is InChI=1S/C14H14N2S/c1-2-4-11(5-3-1)10-17-14-7-6-12-13(16-14)8-9-15-12/h1-7,15H,8-10H2. The molecular formula is C14H14N2S. The predicted molar refractivity (Wildman–Crippen MR) is 72.4 cm³/mol. The Morgan fingerprint density at radius 2 is 2.00 bits per heavy atom. The van der Waals surface area contributed by atoms with Crippen molar-refractivity contribution in [1.82, 2.24) is 4.98 Å². The maximum Gasteiger partial charge on any atom is 0.0968 e. The van der Waals surface area contributed by atoms with Gasteiger partial charge in [0.25, 0.3) is 0 Å². The number of pyridine rings is 1. The summed E-state index contributed by atoms with van der Waals surface area (Å²) < 4.78 is 0. The molecule has 0 fully saturated rings. The minimum absolute atomic E-state index is 0.986. The van der Waals surface area contributed by atoms with E-state index in [0.29, 0.717) is 0 Å². The SMILES string of the molecule is c1ccc(CSc2ccc3c(n2)CCN3)cc1. The molecule has 0 aliphatic carbocycles. The normalized spacial score (nSPS) is 13.2. The molecule has 0 spiro atoms. The number of aromatic nitrogens is 1. The van der Waals surface area contributed by atoms with E-state index in [-0.39, 0.29) is 0 Å². The number of hydrogen-bond donors (Lipinski definition) is 1. The van der Waals surface area contributed by atoms with Gasteiger partial charge in [0.1, 0.15) is 0 Å². The summed E-state index contributed by atoms with van der Waals surface area (Å²) in [6.45, 7) is 1.02. The van der Waals surface area contributed by atoms with E-state index in [0.717, 1.165) is 23.7 Å². The molecule has 1 aromatic heterocycles. The van der Waals surface area contributed by atoms with Gasteiger partial charge in [0.15, 0.2) is 0 Å². The molecule has 0 atom stereocenters. The van der Waals surface area contributed by atoms with Gasteiger partial charge in [0.2, 0.25) is 0 Å². The molecule has 2 heterocycles. The number of fused-ring (bicyclic) bond motifs is 1. The van der Waals surface area contributed by atoms with E-state index in [4.69, 9.17) is 0 Å². The van der Waals surface area contributed by atoms with Crippen molar-refractivity contribution in [3.63, 3.8) is 0 Å². The van der Waals surface area contributed by atoms with Gasteiger partial charge in [0.05, 0.1) is 16.4 Å². The molecule has 0 radical (unpaired) electrons. The Labute approximate surface area is 105 Å². The highest BCUT2D eigenvalue weighted by molar-refractivity contribution is 7.98. The van der Waals surface area contributed by atoms with Crippen LogP contribution in [0.4, 0.5) is 5.69 Å². The van der Waals surface area contributed by atoms with Crippen LogP contribution in [0.5, 0.6) is 0 Å². The lowest BCUT2D eigenvalue weighted by Gasteiger charge is -2.03. The molecule has 17 heavy (non-hydrogen) atoms. The topological polar surface area (TPSA) is 24.9 Å². The lowest BCUT2D eigenvalue weighted by Crippen LogP contribution is -1.90. The monoisotopic (exact) mass is 242 g/mol. The summed E-state index contributed by atoms with van der Waals surface area (Å²) in [4.78, 5) is 4.67. The summed E-state index contributed by atoms with van der Waals surface area (Å²) in [6, 6.07) is 14.8. The van der Waals surface area contributed by atoms with Crippen LogP contribution in [0.1, 0.15) is 11.3 Å². The first kappa shape index (κ1) is 10.7. The van der Waals surface area contributed by atoms with E-state index in [1.54, 1.807) is 11.8 Å². The largest absolute Gasteiger partial charge is 0.383 e. The maximum atomic E-state index is 4.67. The smallest absolute Gasteiger partial charge is 0.0968 e. The molecule has 3 rings (SSSR count). The van der Waals surface area contributed by atoms with E-state index in [2.05, 4.69) is 46.7 Å². The summed E-state index contributed by atoms with van der Waals surface area (Å²) in [7, 11) is 0. The zero-order chi connectivity index (χ0) is 11.5. The number of nitrogens with zero attached hydrogens (tertiary/aromatic N) is 1. The molecule has 86 valence electrons. The van der Waals surface area contributed by atoms with E-state index in [1.165, 1.54) is 16.9 Å². The number of nitrogens with one attached hydrogen (secondary N) is 1. The van der Waals surface area contributed by atoms with Crippen molar-refractivity contribution in [3.8, 4) is 0 Å². The van der Waals surface area contributed by atoms with Gasteiger partial charge < -0.3 is 5.32 Å². The summed E-state index contributed by atoms with van der Waals surface area (Å²) in [5.74, 6) is 0.986.